The molecular formula is C23H28BrClN2O2. The number of aryl methyl sites for hydroxylation is 2. The highest BCUT2D eigenvalue weighted by Gasteiger charge is 2.27. The second-order valence-electron chi connectivity index (χ2n) is 7.09. The van der Waals surface area contributed by atoms with Crippen LogP contribution in [0.4, 0.5) is 5.69 Å². The normalized spacial score (nSPS) is 11.3. The lowest BCUT2D eigenvalue weighted by atomic mass is 9.98. The van der Waals surface area contributed by atoms with Gasteiger partial charge in [0.05, 0.1) is 5.02 Å². The lowest BCUT2D eigenvalue weighted by molar-refractivity contribution is -0.619. The number of hydrogen-bond donors (Lipinski definition) is 1. The Balaban J connectivity index is 2.63. The summed E-state index contributed by atoms with van der Waals surface area (Å²) in [6.45, 7) is 11.4. The highest BCUT2D eigenvalue weighted by Crippen LogP contribution is 2.34. The maximum atomic E-state index is 13.3. The van der Waals surface area contributed by atoms with E-state index in [1.807, 2.05) is 26.0 Å². The van der Waals surface area contributed by atoms with Crippen LogP contribution in [0.3, 0.4) is 0 Å². The first-order chi connectivity index (χ1) is 13.7. The summed E-state index contributed by atoms with van der Waals surface area (Å²) in [4.78, 5) is 13.3. The van der Waals surface area contributed by atoms with E-state index in [9.17, 15) is 10.0 Å². The van der Waals surface area contributed by atoms with Crippen molar-refractivity contribution in [3.63, 3.8) is 0 Å². The monoisotopic (exact) mass is 478 g/mol. The Morgan fingerprint density at radius 1 is 1.21 bits per heavy atom. The molecule has 0 aliphatic carbocycles. The molecule has 2 rings (SSSR count). The Labute approximate surface area is 186 Å². The van der Waals surface area contributed by atoms with Crippen molar-refractivity contribution in [1.29, 1.82) is 0 Å². The van der Waals surface area contributed by atoms with E-state index >= 15 is 0 Å². The van der Waals surface area contributed by atoms with Crippen LogP contribution in [-0.4, -0.2) is 5.91 Å². The van der Waals surface area contributed by atoms with Gasteiger partial charge in [-0.2, -0.15) is 4.73 Å². The van der Waals surface area contributed by atoms with Gasteiger partial charge in [0.25, 0.3) is 5.91 Å². The molecule has 0 radical (unpaired) electrons. The highest BCUT2D eigenvalue weighted by atomic mass is 79.9. The quantitative estimate of drug-likeness (QED) is 0.306. The van der Waals surface area contributed by atoms with Gasteiger partial charge in [-0.1, -0.05) is 59.6 Å². The van der Waals surface area contributed by atoms with E-state index in [1.165, 1.54) is 0 Å². The third-order valence-corrected chi connectivity index (χ3v) is 6.80. The first-order valence-corrected chi connectivity index (χ1v) is 11.0. The van der Waals surface area contributed by atoms with Gasteiger partial charge in [-0.15, -0.1) is 0 Å². The van der Waals surface area contributed by atoms with Crippen LogP contribution in [0.2, 0.25) is 5.02 Å². The van der Waals surface area contributed by atoms with Crippen molar-refractivity contribution in [3.05, 3.63) is 72.1 Å². The van der Waals surface area contributed by atoms with Gasteiger partial charge in [0, 0.05) is 29.6 Å². The van der Waals surface area contributed by atoms with Gasteiger partial charge < -0.3 is 10.5 Å². The fourth-order valence-corrected chi connectivity index (χ4v) is 4.59. The molecule has 0 aliphatic rings. The SMILES string of the molecule is C/C=C/Cc1c(Cl)c(C(=O)Nc2c(CC)cc(C)c(Br)c2CC)c(C)[n+]([O-])c1C. The number of pyridine rings is 1. The fourth-order valence-electron chi connectivity index (χ4n) is 3.56. The third kappa shape index (κ3) is 4.51. The van der Waals surface area contributed by atoms with Crippen molar-refractivity contribution in [2.45, 2.75) is 60.8 Å². The number of rotatable bonds is 6. The summed E-state index contributed by atoms with van der Waals surface area (Å²) < 4.78 is 1.79. The number of anilines is 1. The van der Waals surface area contributed by atoms with Crippen LogP contribution < -0.4 is 10.0 Å². The van der Waals surface area contributed by atoms with E-state index in [0.29, 0.717) is 28.4 Å². The Morgan fingerprint density at radius 2 is 1.86 bits per heavy atom. The Morgan fingerprint density at radius 3 is 2.41 bits per heavy atom. The third-order valence-electron chi connectivity index (χ3n) is 5.27. The van der Waals surface area contributed by atoms with Crippen LogP contribution >= 0.6 is 27.5 Å². The number of allylic oxidation sites excluding steroid dienone is 2. The number of carbonyl (C=O) groups is 1. The standard InChI is InChI=1S/C23H28BrClN2O2/c1-7-10-11-18-14(5)27(29)15(6)19(21(18)25)23(28)26-22-16(8-2)12-13(4)20(24)17(22)9-3/h7,10,12H,8-9,11H2,1-6H3,(H,26,28)/b10-7+. The van der Waals surface area contributed by atoms with Crippen molar-refractivity contribution >= 4 is 39.1 Å². The molecule has 4 nitrogen and oxygen atoms in total. The molecule has 0 spiro atoms. The molecule has 0 bridgehead atoms. The molecule has 1 amide bonds. The van der Waals surface area contributed by atoms with Crippen LogP contribution in [0.25, 0.3) is 0 Å². The number of halogens is 2. The Kier molecular flexibility index (Phi) is 7.89. The van der Waals surface area contributed by atoms with Crippen molar-refractivity contribution in [2.24, 2.45) is 0 Å². The lowest BCUT2D eigenvalue weighted by Gasteiger charge is -2.20. The number of carbonyl (C=O) groups excluding carboxylic acids is 1. The van der Waals surface area contributed by atoms with Crippen LogP contribution in [-0.2, 0) is 19.3 Å². The molecule has 6 heteroatoms. The number of aromatic nitrogens is 1. The molecule has 0 atom stereocenters. The summed E-state index contributed by atoms with van der Waals surface area (Å²) in [7, 11) is 0. The summed E-state index contributed by atoms with van der Waals surface area (Å²) in [5.41, 5.74) is 5.74. The highest BCUT2D eigenvalue weighted by molar-refractivity contribution is 9.10. The number of hydrogen-bond acceptors (Lipinski definition) is 2. The summed E-state index contributed by atoms with van der Waals surface area (Å²) >= 11 is 10.3. The van der Waals surface area contributed by atoms with Gasteiger partial charge in [-0.25, -0.2) is 0 Å². The predicted octanol–water partition coefficient (Wildman–Crippen LogP) is 6.16. The topological polar surface area (TPSA) is 56.0 Å². The van der Waals surface area contributed by atoms with E-state index in [0.717, 1.165) is 44.4 Å². The van der Waals surface area contributed by atoms with E-state index in [2.05, 4.69) is 41.2 Å². The average Bonchev–Trinajstić information content (AvgIpc) is 2.69. The largest absolute Gasteiger partial charge is 0.618 e. The summed E-state index contributed by atoms with van der Waals surface area (Å²) in [5.74, 6) is -0.362. The lowest BCUT2D eigenvalue weighted by Crippen LogP contribution is -2.38. The maximum absolute atomic E-state index is 13.3. The van der Waals surface area contributed by atoms with Crippen molar-refractivity contribution < 1.29 is 9.52 Å². The van der Waals surface area contributed by atoms with Gasteiger partial charge in [-0.05, 0) is 49.8 Å². The molecule has 1 heterocycles. The van der Waals surface area contributed by atoms with E-state index in [4.69, 9.17) is 11.6 Å². The minimum absolute atomic E-state index is 0.229. The first-order valence-electron chi connectivity index (χ1n) is 9.83. The van der Waals surface area contributed by atoms with Gasteiger partial charge in [0.15, 0.2) is 5.69 Å². The molecule has 0 aliphatic heterocycles. The molecule has 29 heavy (non-hydrogen) atoms. The molecule has 156 valence electrons. The van der Waals surface area contributed by atoms with Crippen molar-refractivity contribution in [1.82, 2.24) is 0 Å². The molecule has 1 aromatic heterocycles. The van der Waals surface area contributed by atoms with Crippen LogP contribution in [0.5, 0.6) is 0 Å². The number of nitrogens with one attached hydrogen (secondary N) is 1. The fraction of sp³-hybridized carbons (Fsp3) is 0.391. The molecule has 0 saturated heterocycles. The second kappa shape index (κ2) is 9.77. The first kappa shape index (κ1) is 23.4. The molecule has 0 fully saturated rings. The Hall–Kier alpha value is -1.85. The van der Waals surface area contributed by atoms with E-state index in [1.54, 1.807) is 13.8 Å². The Bertz CT molecular complexity index is 984. The molecule has 1 aromatic carbocycles. The molecule has 0 unspecified atom stereocenters. The van der Waals surface area contributed by atoms with Crippen LogP contribution in [0, 0.1) is 26.0 Å². The smallest absolute Gasteiger partial charge is 0.263 e. The summed E-state index contributed by atoms with van der Waals surface area (Å²) in [6, 6.07) is 2.08. The second-order valence-corrected chi connectivity index (χ2v) is 8.26. The van der Waals surface area contributed by atoms with Gasteiger partial charge >= 0.3 is 0 Å². The van der Waals surface area contributed by atoms with Gasteiger partial charge in [0.1, 0.15) is 5.56 Å². The van der Waals surface area contributed by atoms with Gasteiger partial charge in [-0.3, -0.25) is 4.79 Å². The van der Waals surface area contributed by atoms with E-state index in [-0.39, 0.29) is 11.5 Å². The molecule has 0 saturated carbocycles. The zero-order valence-corrected chi connectivity index (χ0v) is 20.2. The summed E-state index contributed by atoms with van der Waals surface area (Å²) in [5, 5.41) is 16.1. The number of amides is 1. The minimum Gasteiger partial charge on any atom is -0.618 e. The minimum atomic E-state index is -0.362. The zero-order chi connectivity index (χ0) is 21.9. The molecular weight excluding hydrogens is 452 g/mol. The predicted molar refractivity (Wildman–Crippen MR) is 124 cm³/mol. The van der Waals surface area contributed by atoms with Crippen LogP contribution in [0.1, 0.15) is 64.8 Å². The average molecular weight is 480 g/mol. The van der Waals surface area contributed by atoms with E-state index < -0.39 is 0 Å². The van der Waals surface area contributed by atoms with Crippen LogP contribution in [0.15, 0.2) is 22.7 Å². The van der Waals surface area contributed by atoms with Gasteiger partial charge in [0.2, 0.25) is 5.69 Å². The number of benzene rings is 1. The molecule has 2 aromatic rings. The summed E-state index contributed by atoms with van der Waals surface area (Å²) in [6.07, 6.45) is 5.87. The number of nitrogens with zero attached hydrogens (tertiary/aromatic N) is 1. The van der Waals surface area contributed by atoms with Crippen molar-refractivity contribution in [2.75, 3.05) is 5.32 Å². The van der Waals surface area contributed by atoms with Crippen molar-refractivity contribution in [3.8, 4) is 0 Å². The molecule has 1 N–H and O–H groups in total. The maximum Gasteiger partial charge on any atom is 0.263 e. The zero-order valence-electron chi connectivity index (χ0n) is 17.9.